The van der Waals surface area contributed by atoms with Crippen molar-refractivity contribution in [1.82, 2.24) is 14.5 Å². The minimum Gasteiger partial charge on any atom is -0.324 e. The van der Waals surface area contributed by atoms with E-state index in [2.05, 4.69) is 26.7 Å². The van der Waals surface area contributed by atoms with Crippen molar-refractivity contribution in [1.29, 1.82) is 0 Å². The summed E-state index contributed by atoms with van der Waals surface area (Å²) in [7, 11) is 0. The molecule has 3 rings (SSSR count). The Hall–Kier alpha value is -2.20. The quantitative estimate of drug-likeness (QED) is 0.758. The second kappa shape index (κ2) is 4.58. The fourth-order valence-corrected chi connectivity index (χ4v) is 2.09. The van der Waals surface area contributed by atoms with Gasteiger partial charge in [-0.1, -0.05) is 30.3 Å². The van der Waals surface area contributed by atoms with Gasteiger partial charge in [0.25, 0.3) is 0 Å². The summed E-state index contributed by atoms with van der Waals surface area (Å²) in [6, 6.07) is 14.1. The largest absolute Gasteiger partial charge is 0.324 e. The maximum atomic E-state index is 5.76. The number of hydrogen-bond donors (Lipinski definition) is 1. The molecule has 0 saturated carbocycles. The standard InChI is InChI=1S/C14H14N4/c15-9-13-17-12-7-4-8-16-14(12)18(13)10-11-5-2-1-3-6-11/h1-8H,9-10,15H2. The number of imidazole rings is 1. The Morgan fingerprint density at radius 2 is 1.89 bits per heavy atom. The van der Waals surface area contributed by atoms with E-state index in [0.29, 0.717) is 6.54 Å². The van der Waals surface area contributed by atoms with Gasteiger partial charge in [0.15, 0.2) is 5.65 Å². The molecule has 0 amide bonds. The summed E-state index contributed by atoms with van der Waals surface area (Å²) in [4.78, 5) is 8.89. The molecule has 3 aromatic rings. The first-order valence-corrected chi connectivity index (χ1v) is 5.92. The first-order chi connectivity index (χ1) is 8.88. The van der Waals surface area contributed by atoms with Gasteiger partial charge in [0.05, 0.1) is 13.1 Å². The van der Waals surface area contributed by atoms with E-state index < -0.39 is 0 Å². The van der Waals surface area contributed by atoms with Gasteiger partial charge in [0, 0.05) is 6.20 Å². The number of benzene rings is 1. The minimum absolute atomic E-state index is 0.420. The van der Waals surface area contributed by atoms with Gasteiger partial charge in [-0.25, -0.2) is 9.97 Å². The van der Waals surface area contributed by atoms with Crippen molar-refractivity contribution in [3.63, 3.8) is 0 Å². The molecular formula is C14H14N4. The zero-order valence-corrected chi connectivity index (χ0v) is 9.95. The van der Waals surface area contributed by atoms with Gasteiger partial charge >= 0.3 is 0 Å². The monoisotopic (exact) mass is 238 g/mol. The Morgan fingerprint density at radius 3 is 2.67 bits per heavy atom. The van der Waals surface area contributed by atoms with Crippen LogP contribution >= 0.6 is 0 Å². The molecule has 0 radical (unpaired) electrons. The molecule has 1 aromatic carbocycles. The molecule has 90 valence electrons. The lowest BCUT2D eigenvalue weighted by Crippen LogP contribution is -2.09. The number of nitrogens with two attached hydrogens (primary N) is 1. The highest BCUT2D eigenvalue weighted by molar-refractivity contribution is 5.71. The number of pyridine rings is 1. The van der Waals surface area contributed by atoms with Gasteiger partial charge in [-0.05, 0) is 17.7 Å². The maximum absolute atomic E-state index is 5.76. The van der Waals surface area contributed by atoms with Crippen molar-refractivity contribution in [2.75, 3.05) is 0 Å². The normalized spacial score (nSPS) is 10.9. The van der Waals surface area contributed by atoms with Crippen LogP contribution in [-0.4, -0.2) is 14.5 Å². The summed E-state index contributed by atoms with van der Waals surface area (Å²) < 4.78 is 2.07. The molecule has 2 aromatic heterocycles. The Morgan fingerprint density at radius 1 is 1.06 bits per heavy atom. The predicted octanol–water partition coefficient (Wildman–Crippen LogP) is 1.94. The van der Waals surface area contributed by atoms with Crippen LogP contribution in [0.2, 0.25) is 0 Å². The number of hydrogen-bond acceptors (Lipinski definition) is 3. The molecule has 0 aliphatic carbocycles. The molecule has 4 heteroatoms. The van der Waals surface area contributed by atoms with Crippen molar-refractivity contribution >= 4 is 11.2 Å². The van der Waals surface area contributed by atoms with E-state index in [1.165, 1.54) is 5.56 Å². The number of rotatable bonds is 3. The molecule has 0 saturated heterocycles. The Labute approximate surface area is 105 Å². The molecule has 0 bridgehead atoms. The van der Waals surface area contributed by atoms with Crippen molar-refractivity contribution in [2.45, 2.75) is 13.1 Å². The van der Waals surface area contributed by atoms with Crippen LogP contribution in [0.1, 0.15) is 11.4 Å². The van der Waals surface area contributed by atoms with Crippen LogP contribution < -0.4 is 5.73 Å². The molecule has 2 heterocycles. The maximum Gasteiger partial charge on any atom is 0.160 e. The van der Waals surface area contributed by atoms with Crippen molar-refractivity contribution in [3.8, 4) is 0 Å². The summed E-state index contributed by atoms with van der Waals surface area (Å²) in [5, 5.41) is 0. The SMILES string of the molecule is NCc1nc2cccnc2n1Cc1ccccc1. The summed E-state index contributed by atoms with van der Waals surface area (Å²) in [5.74, 6) is 0.868. The molecule has 2 N–H and O–H groups in total. The van der Waals surface area contributed by atoms with E-state index in [1.807, 2.05) is 30.3 Å². The lowest BCUT2D eigenvalue weighted by atomic mass is 10.2. The highest BCUT2D eigenvalue weighted by atomic mass is 15.1. The molecule has 0 aliphatic rings. The molecule has 0 unspecified atom stereocenters. The van der Waals surface area contributed by atoms with E-state index in [4.69, 9.17) is 5.73 Å². The Balaban J connectivity index is 2.10. The van der Waals surface area contributed by atoms with Gasteiger partial charge in [0.2, 0.25) is 0 Å². The summed E-state index contributed by atoms with van der Waals surface area (Å²) in [6.07, 6.45) is 1.78. The van der Waals surface area contributed by atoms with E-state index in [9.17, 15) is 0 Å². The van der Waals surface area contributed by atoms with E-state index >= 15 is 0 Å². The summed E-state index contributed by atoms with van der Waals surface area (Å²) in [5.41, 5.74) is 8.76. The third-order valence-corrected chi connectivity index (χ3v) is 2.95. The van der Waals surface area contributed by atoms with Crippen molar-refractivity contribution in [3.05, 3.63) is 60.0 Å². The molecular weight excluding hydrogens is 224 g/mol. The minimum atomic E-state index is 0.420. The molecule has 18 heavy (non-hydrogen) atoms. The zero-order chi connectivity index (χ0) is 12.4. The third-order valence-electron chi connectivity index (χ3n) is 2.95. The van der Waals surface area contributed by atoms with Crippen LogP contribution in [0.5, 0.6) is 0 Å². The highest BCUT2D eigenvalue weighted by Gasteiger charge is 2.10. The van der Waals surface area contributed by atoms with Crippen molar-refractivity contribution in [2.24, 2.45) is 5.73 Å². The fraction of sp³-hybridized carbons (Fsp3) is 0.143. The molecule has 0 fully saturated rings. The van der Waals surface area contributed by atoms with E-state index in [0.717, 1.165) is 23.5 Å². The van der Waals surface area contributed by atoms with Gasteiger partial charge in [-0.3, -0.25) is 0 Å². The van der Waals surface area contributed by atoms with E-state index in [-0.39, 0.29) is 0 Å². The molecule has 0 spiro atoms. The Bertz CT molecular complexity index is 658. The molecule has 0 atom stereocenters. The van der Waals surface area contributed by atoms with Crippen LogP contribution in [0.3, 0.4) is 0 Å². The van der Waals surface area contributed by atoms with Crippen molar-refractivity contribution < 1.29 is 0 Å². The second-order valence-electron chi connectivity index (χ2n) is 4.15. The highest BCUT2D eigenvalue weighted by Crippen LogP contribution is 2.15. The number of fused-ring (bicyclic) bond motifs is 1. The van der Waals surface area contributed by atoms with Gasteiger partial charge in [0.1, 0.15) is 11.3 Å². The lowest BCUT2D eigenvalue weighted by molar-refractivity contribution is 0.737. The average molecular weight is 238 g/mol. The fourth-order valence-electron chi connectivity index (χ4n) is 2.09. The Kier molecular flexibility index (Phi) is 2.78. The van der Waals surface area contributed by atoms with Crippen LogP contribution in [0, 0.1) is 0 Å². The van der Waals surface area contributed by atoms with Gasteiger partial charge in [-0.2, -0.15) is 0 Å². The topological polar surface area (TPSA) is 56.7 Å². The first-order valence-electron chi connectivity index (χ1n) is 5.92. The van der Waals surface area contributed by atoms with Gasteiger partial charge < -0.3 is 10.3 Å². The molecule has 0 aliphatic heterocycles. The number of nitrogens with zero attached hydrogens (tertiary/aromatic N) is 3. The van der Waals surface area contributed by atoms with Gasteiger partial charge in [-0.15, -0.1) is 0 Å². The third kappa shape index (κ3) is 1.87. The lowest BCUT2D eigenvalue weighted by Gasteiger charge is -2.07. The zero-order valence-electron chi connectivity index (χ0n) is 9.95. The summed E-state index contributed by atoms with van der Waals surface area (Å²) in [6.45, 7) is 1.17. The smallest absolute Gasteiger partial charge is 0.160 e. The average Bonchev–Trinajstić information content (AvgIpc) is 2.78. The van der Waals surface area contributed by atoms with E-state index in [1.54, 1.807) is 6.20 Å². The van der Waals surface area contributed by atoms with Crippen LogP contribution in [0.4, 0.5) is 0 Å². The second-order valence-corrected chi connectivity index (χ2v) is 4.15. The predicted molar refractivity (Wildman–Crippen MR) is 71.0 cm³/mol. The van der Waals surface area contributed by atoms with Crippen LogP contribution in [-0.2, 0) is 13.1 Å². The van der Waals surface area contributed by atoms with Crippen LogP contribution in [0.25, 0.3) is 11.2 Å². The van der Waals surface area contributed by atoms with Crippen LogP contribution in [0.15, 0.2) is 48.7 Å². The molecule has 4 nitrogen and oxygen atoms in total. The number of aromatic nitrogens is 3. The first kappa shape index (κ1) is 10.9. The summed E-state index contributed by atoms with van der Waals surface area (Å²) >= 11 is 0.